The summed E-state index contributed by atoms with van der Waals surface area (Å²) in [5.74, 6) is 0.438. The summed E-state index contributed by atoms with van der Waals surface area (Å²) in [6.07, 6.45) is 5.21. The van der Waals surface area contributed by atoms with E-state index in [0.29, 0.717) is 18.9 Å². The first kappa shape index (κ1) is 22.2. The molecule has 182 valence electrons. The van der Waals surface area contributed by atoms with Gasteiger partial charge in [-0.15, -0.1) is 0 Å². The van der Waals surface area contributed by atoms with E-state index in [9.17, 15) is 5.11 Å². The topological polar surface area (TPSA) is 107 Å². The van der Waals surface area contributed by atoms with E-state index in [1.807, 2.05) is 23.7 Å². The molecule has 4 aromatic rings. The van der Waals surface area contributed by atoms with Gasteiger partial charge in [0, 0.05) is 49.7 Å². The second kappa shape index (κ2) is 8.44. The number of aliphatic hydroxyl groups is 1. The number of nitrogens with zero attached hydrogens (tertiary/aromatic N) is 6. The van der Waals surface area contributed by atoms with Gasteiger partial charge in [-0.1, -0.05) is 18.2 Å². The molecule has 2 fully saturated rings. The zero-order chi connectivity index (χ0) is 24.2. The van der Waals surface area contributed by atoms with E-state index >= 15 is 0 Å². The summed E-state index contributed by atoms with van der Waals surface area (Å²) in [7, 11) is 0. The molecule has 6 rings (SSSR count). The Kier molecular flexibility index (Phi) is 5.36. The normalized spacial score (nSPS) is 19.6. The van der Waals surface area contributed by atoms with Crippen LogP contribution in [0.25, 0.3) is 28.0 Å². The Balaban J connectivity index is 1.43. The lowest BCUT2D eigenvalue weighted by atomic mass is 9.92. The molecule has 2 aliphatic rings. The number of hydrogen-bond acceptors (Lipinski definition) is 7. The maximum Gasteiger partial charge on any atom is 0.152 e. The van der Waals surface area contributed by atoms with Crippen LogP contribution in [0, 0.1) is 0 Å². The smallest absolute Gasteiger partial charge is 0.152 e. The second-order valence-corrected chi connectivity index (χ2v) is 10.1. The number of rotatable bonds is 5. The predicted molar refractivity (Wildman–Crippen MR) is 134 cm³/mol. The summed E-state index contributed by atoms with van der Waals surface area (Å²) in [4.78, 5) is 6.58. The van der Waals surface area contributed by atoms with Crippen LogP contribution in [-0.2, 0) is 4.74 Å². The van der Waals surface area contributed by atoms with E-state index in [4.69, 9.17) is 10.5 Å². The van der Waals surface area contributed by atoms with Gasteiger partial charge in [-0.3, -0.25) is 9.58 Å². The Morgan fingerprint density at radius 3 is 2.69 bits per heavy atom. The van der Waals surface area contributed by atoms with Crippen LogP contribution in [0.15, 0.2) is 48.9 Å². The molecular formula is C26H31N7O2. The van der Waals surface area contributed by atoms with Crippen LogP contribution >= 0.6 is 0 Å². The van der Waals surface area contributed by atoms with Gasteiger partial charge in [-0.2, -0.15) is 10.2 Å². The number of nitrogens with two attached hydrogens (primary N) is 1. The average Bonchev–Trinajstić information content (AvgIpc) is 3.48. The minimum atomic E-state index is -0.597. The van der Waals surface area contributed by atoms with E-state index < -0.39 is 5.60 Å². The standard InChI is InChI=1S/C26H31N7O2/c1-17(31-14-26(2,34)15-31)18-4-3-5-19(12-18)23-13-21(24-25(27)28-16-30-33(23)24)22-6-9-29-32(22)20-7-10-35-11-8-20/h3-6,9,12-13,16-17,20,34H,7-8,10-11,14-15H2,1-2H3,(H2,27,28,30). The van der Waals surface area contributed by atoms with Gasteiger partial charge < -0.3 is 15.6 Å². The van der Waals surface area contributed by atoms with Crippen LogP contribution in [-0.4, -0.2) is 66.3 Å². The Hall–Kier alpha value is -3.27. The number of ether oxygens (including phenoxy) is 1. The van der Waals surface area contributed by atoms with Gasteiger partial charge in [-0.05, 0) is 50.5 Å². The SMILES string of the molecule is CC(c1cccc(-c2cc(-c3ccnn3C3CCOCC3)c3c(N)ncnn23)c1)N1CC(C)(O)C1. The van der Waals surface area contributed by atoms with Crippen molar-refractivity contribution in [1.29, 1.82) is 0 Å². The molecule has 9 nitrogen and oxygen atoms in total. The van der Waals surface area contributed by atoms with Crippen LogP contribution in [0.5, 0.6) is 0 Å². The number of fused-ring (bicyclic) bond motifs is 1. The monoisotopic (exact) mass is 473 g/mol. The number of aromatic nitrogens is 5. The Morgan fingerprint density at radius 1 is 1.11 bits per heavy atom. The third kappa shape index (κ3) is 3.89. The van der Waals surface area contributed by atoms with E-state index in [0.717, 1.165) is 54.1 Å². The highest BCUT2D eigenvalue weighted by atomic mass is 16.5. The zero-order valence-corrected chi connectivity index (χ0v) is 20.1. The van der Waals surface area contributed by atoms with Crippen LogP contribution in [0.1, 0.15) is 44.3 Å². The van der Waals surface area contributed by atoms with Crippen LogP contribution < -0.4 is 5.73 Å². The van der Waals surface area contributed by atoms with E-state index in [2.05, 4.69) is 62.0 Å². The molecule has 1 atom stereocenters. The lowest BCUT2D eigenvalue weighted by molar-refractivity contribution is -0.0999. The van der Waals surface area contributed by atoms with Gasteiger partial charge >= 0.3 is 0 Å². The van der Waals surface area contributed by atoms with Crippen molar-refractivity contribution in [3.05, 3.63) is 54.5 Å². The first-order valence-corrected chi connectivity index (χ1v) is 12.2. The second-order valence-electron chi connectivity index (χ2n) is 10.1. The fraction of sp³-hybridized carbons (Fsp3) is 0.423. The van der Waals surface area contributed by atoms with Crippen molar-refractivity contribution in [3.8, 4) is 22.5 Å². The quantitative estimate of drug-likeness (QED) is 0.458. The molecule has 0 amide bonds. The first-order chi connectivity index (χ1) is 16.9. The molecular weight excluding hydrogens is 442 g/mol. The predicted octanol–water partition coefficient (Wildman–Crippen LogP) is 3.32. The van der Waals surface area contributed by atoms with Crippen molar-refractivity contribution in [2.24, 2.45) is 0 Å². The summed E-state index contributed by atoms with van der Waals surface area (Å²) < 4.78 is 9.55. The number of benzene rings is 1. The molecule has 35 heavy (non-hydrogen) atoms. The fourth-order valence-corrected chi connectivity index (χ4v) is 5.49. The van der Waals surface area contributed by atoms with E-state index in [1.165, 1.54) is 11.9 Å². The minimum Gasteiger partial charge on any atom is -0.388 e. The number of likely N-dealkylation sites (tertiary alicyclic amines) is 1. The molecule has 1 aromatic carbocycles. The number of hydrogen-bond donors (Lipinski definition) is 2. The molecule has 1 unspecified atom stereocenters. The van der Waals surface area contributed by atoms with Gasteiger partial charge in [0.05, 0.1) is 23.0 Å². The van der Waals surface area contributed by atoms with Crippen molar-refractivity contribution in [2.45, 2.75) is 44.4 Å². The molecule has 5 heterocycles. The lowest BCUT2D eigenvalue weighted by Crippen LogP contribution is -2.60. The van der Waals surface area contributed by atoms with Crippen molar-refractivity contribution < 1.29 is 9.84 Å². The number of β-amino-alcohol motifs (C(OH)–C–C–N with tert-alkyl or cyclic N) is 1. The lowest BCUT2D eigenvalue weighted by Gasteiger charge is -2.47. The summed E-state index contributed by atoms with van der Waals surface area (Å²) >= 11 is 0. The third-order valence-corrected chi connectivity index (χ3v) is 7.37. The fourth-order valence-electron chi connectivity index (χ4n) is 5.49. The Bertz CT molecular complexity index is 1360. The maximum atomic E-state index is 10.2. The maximum absolute atomic E-state index is 10.2. The van der Waals surface area contributed by atoms with Gasteiger partial charge in [0.2, 0.25) is 0 Å². The van der Waals surface area contributed by atoms with Gasteiger partial charge in [0.15, 0.2) is 5.82 Å². The van der Waals surface area contributed by atoms with Crippen molar-refractivity contribution in [3.63, 3.8) is 0 Å². The van der Waals surface area contributed by atoms with Crippen LogP contribution in [0.3, 0.4) is 0 Å². The number of nitrogen functional groups attached to an aromatic ring is 1. The molecule has 0 radical (unpaired) electrons. The van der Waals surface area contributed by atoms with Crippen molar-refractivity contribution >= 4 is 11.3 Å². The highest BCUT2D eigenvalue weighted by Crippen LogP contribution is 2.38. The first-order valence-electron chi connectivity index (χ1n) is 12.2. The van der Waals surface area contributed by atoms with Gasteiger partial charge in [0.25, 0.3) is 0 Å². The van der Waals surface area contributed by atoms with Crippen LogP contribution in [0.4, 0.5) is 5.82 Å². The third-order valence-electron chi connectivity index (χ3n) is 7.37. The highest BCUT2D eigenvalue weighted by Gasteiger charge is 2.39. The molecule has 3 aromatic heterocycles. The summed E-state index contributed by atoms with van der Waals surface area (Å²) in [6, 6.07) is 13.2. The summed E-state index contributed by atoms with van der Waals surface area (Å²) in [5, 5.41) is 19.4. The van der Waals surface area contributed by atoms with E-state index in [-0.39, 0.29) is 12.1 Å². The largest absolute Gasteiger partial charge is 0.388 e. The van der Waals surface area contributed by atoms with Crippen molar-refractivity contribution in [2.75, 3.05) is 32.0 Å². The molecule has 3 N–H and O–H groups in total. The van der Waals surface area contributed by atoms with Gasteiger partial charge in [0.1, 0.15) is 11.8 Å². The Morgan fingerprint density at radius 2 is 1.91 bits per heavy atom. The molecule has 0 bridgehead atoms. The Labute approximate surface area is 204 Å². The van der Waals surface area contributed by atoms with Crippen molar-refractivity contribution in [1.82, 2.24) is 29.3 Å². The average molecular weight is 474 g/mol. The molecule has 0 spiro atoms. The molecule has 2 saturated heterocycles. The molecule has 9 heteroatoms. The van der Waals surface area contributed by atoms with Gasteiger partial charge in [-0.25, -0.2) is 9.50 Å². The molecule has 0 aliphatic carbocycles. The molecule has 0 saturated carbocycles. The van der Waals surface area contributed by atoms with E-state index in [1.54, 1.807) is 0 Å². The zero-order valence-electron chi connectivity index (χ0n) is 20.1. The summed E-state index contributed by atoms with van der Waals surface area (Å²) in [6.45, 7) is 6.91. The molecule has 2 aliphatic heterocycles. The number of anilines is 1. The van der Waals surface area contributed by atoms with Crippen LogP contribution in [0.2, 0.25) is 0 Å². The summed E-state index contributed by atoms with van der Waals surface area (Å²) in [5.41, 5.74) is 11.8. The highest BCUT2D eigenvalue weighted by molar-refractivity contribution is 5.90. The minimum absolute atomic E-state index is 0.204.